The molecule has 3 rings (SSSR count). The minimum atomic E-state index is -4.76. The standard InChI is InChI=1S/C19H15ClF4N4O/c1-10-7-11(2)28(27-10)16-6-5-15(20)17(26-16)18(29)25-9-12-3-4-13(21)8-14(12)19(22,23)24/h3-8H,9H2,1-2H3,(H,25,29). The van der Waals surface area contributed by atoms with E-state index in [0.717, 1.165) is 23.5 Å². The van der Waals surface area contributed by atoms with Crippen LogP contribution in [0, 0.1) is 19.7 Å². The van der Waals surface area contributed by atoms with Gasteiger partial charge in [-0.15, -0.1) is 0 Å². The Bertz CT molecular complexity index is 1080. The van der Waals surface area contributed by atoms with Crippen molar-refractivity contribution >= 4 is 17.5 Å². The molecule has 0 aliphatic rings. The van der Waals surface area contributed by atoms with Crippen molar-refractivity contribution < 1.29 is 22.4 Å². The molecule has 0 fully saturated rings. The molecule has 3 aromatic rings. The molecule has 0 unspecified atom stereocenters. The minimum Gasteiger partial charge on any atom is -0.347 e. The second kappa shape index (κ2) is 7.82. The fourth-order valence-electron chi connectivity index (χ4n) is 2.80. The van der Waals surface area contributed by atoms with Crippen LogP contribution in [0.15, 0.2) is 36.4 Å². The number of alkyl halides is 3. The first-order valence-corrected chi connectivity index (χ1v) is 8.78. The van der Waals surface area contributed by atoms with Crippen LogP contribution in [0.5, 0.6) is 0 Å². The predicted octanol–water partition coefficient (Wildman–Crippen LogP) is 4.63. The molecule has 2 heterocycles. The van der Waals surface area contributed by atoms with Gasteiger partial charge >= 0.3 is 6.18 Å². The largest absolute Gasteiger partial charge is 0.416 e. The van der Waals surface area contributed by atoms with E-state index in [2.05, 4.69) is 15.4 Å². The molecular formula is C19H15ClF4N4O. The van der Waals surface area contributed by atoms with Gasteiger partial charge in [-0.2, -0.15) is 18.3 Å². The van der Waals surface area contributed by atoms with Gasteiger partial charge < -0.3 is 5.32 Å². The van der Waals surface area contributed by atoms with E-state index in [0.29, 0.717) is 11.9 Å². The average Bonchev–Trinajstić information content (AvgIpc) is 2.98. The molecule has 152 valence electrons. The molecule has 2 aromatic heterocycles. The number of nitrogens with one attached hydrogen (secondary N) is 1. The summed E-state index contributed by atoms with van der Waals surface area (Å²) in [6.45, 7) is 3.13. The summed E-state index contributed by atoms with van der Waals surface area (Å²) in [5.41, 5.74) is -0.0650. The number of rotatable bonds is 4. The van der Waals surface area contributed by atoms with Crippen LogP contribution >= 0.6 is 11.6 Å². The van der Waals surface area contributed by atoms with Crippen molar-refractivity contribution in [1.82, 2.24) is 20.1 Å². The third-order valence-corrected chi connectivity index (χ3v) is 4.39. The highest BCUT2D eigenvalue weighted by molar-refractivity contribution is 6.33. The number of hydrogen-bond donors (Lipinski definition) is 1. The van der Waals surface area contributed by atoms with Crippen molar-refractivity contribution in [2.45, 2.75) is 26.6 Å². The van der Waals surface area contributed by atoms with E-state index in [9.17, 15) is 22.4 Å². The van der Waals surface area contributed by atoms with Gasteiger partial charge in [-0.25, -0.2) is 14.1 Å². The first-order valence-electron chi connectivity index (χ1n) is 8.40. The molecule has 1 aromatic carbocycles. The second-order valence-electron chi connectivity index (χ2n) is 6.32. The maximum Gasteiger partial charge on any atom is 0.416 e. The van der Waals surface area contributed by atoms with Crippen LogP contribution in [0.4, 0.5) is 17.6 Å². The number of benzene rings is 1. The van der Waals surface area contributed by atoms with Crippen molar-refractivity contribution in [1.29, 1.82) is 0 Å². The van der Waals surface area contributed by atoms with Crippen LogP contribution in [-0.4, -0.2) is 20.7 Å². The lowest BCUT2D eigenvalue weighted by Crippen LogP contribution is -2.26. The monoisotopic (exact) mass is 426 g/mol. The third-order valence-electron chi connectivity index (χ3n) is 4.09. The molecule has 0 spiro atoms. The Morgan fingerprint density at radius 3 is 2.52 bits per heavy atom. The second-order valence-corrected chi connectivity index (χ2v) is 6.73. The van der Waals surface area contributed by atoms with Gasteiger partial charge in [0.05, 0.1) is 16.3 Å². The van der Waals surface area contributed by atoms with Crippen molar-refractivity contribution in [3.8, 4) is 5.82 Å². The Morgan fingerprint density at radius 1 is 1.17 bits per heavy atom. The molecule has 0 bridgehead atoms. The Labute approximate surface area is 168 Å². The number of amides is 1. The number of carbonyl (C=O) groups excluding carboxylic acids is 1. The molecule has 0 atom stereocenters. The third kappa shape index (κ3) is 4.56. The summed E-state index contributed by atoms with van der Waals surface area (Å²) in [5.74, 6) is -1.45. The first kappa shape index (κ1) is 20.8. The molecule has 5 nitrogen and oxygen atoms in total. The van der Waals surface area contributed by atoms with E-state index >= 15 is 0 Å². The summed E-state index contributed by atoms with van der Waals surface area (Å²) in [5, 5.41) is 6.65. The van der Waals surface area contributed by atoms with Crippen molar-refractivity contribution in [3.05, 3.63) is 75.4 Å². The number of nitrogens with zero attached hydrogens (tertiary/aromatic N) is 3. The van der Waals surface area contributed by atoms with E-state index in [1.165, 1.54) is 10.7 Å². The van der Waals surface area contributed by atoms with Gasteiger partial charge in [-0.3, -0.25) is 4.79 Å². The summed E-state index contributed by atoms with van der Waals surface area (Å²) in [7, 11) is 0. The quantitative estimate of drug-likeness (QED) is 0.619. The maximum atomic E-state index is 13.2. The Hall–Kier alpha value is -2.94. The minimum absolute atomic E-state index is 0.0305. The van der Waals surface area contributed by atoms with Gasteiger partial charge in [0.15, 0.2) is 5.82 Å². The molecule has 0 saturated heterocycles. The fourth-order valence-corrected chi connectivity index (χ4v) is 2.99. The molecule has 0 aliphatic heterocycles. The lowest BCUT2D eigenvalue weighted by atomic mass is 10.1. The summed E-state index contributed by atoms with van der Waals surface area (Å²) in [6, 6.07) is 7.10. The SMILES string of the molecule is Cc1cc(C)n(-c2ccc(Cl)c(C(=O)NCc3ccc(F)cc3C(F)(F)F)n2)n1. The van der Waals surface area contributed by atoms with Crippen LogP contribution in [-0.2, 0) is 12.7 Å². The highest BCUT2D eigenvalue weighted by atomic mass is 35.5. The number of aromatic nitrogens is 3. The van der Waals surface area contributed by atoms with Gasteiger partial charge in [0, 0.05) is 12.2 Å². The number of carbonyl (C=O) groups is 1. The molecule has 0 saturated carbocycles. The van der Waals surface area contributed by atoms with Crippen LogP contribution in [0.25, 0.3) is 5.82 Å². The Kier molecular flexibility index (Phi) is 5.61. The number of pyridine rings is 1. The summed E-state index contributed by atoms with van der Waals surface area (Å²) < 4.78 is 54.0. The molecule has 1 amide bonds. The summed E-state index contributed by atoms with van der Waals surface area (Å²) >= 11 is 6.05. The molecular weight excluding hydrogens is 412 g/mol. The van der Waals surface area contributed by atoms with Crippen molar-refractivity contribution in [2.24, 2.45) is 0 Å². The van der Waals surface area contributed by atoms with E-state index in [4.69, 9.17) is 11.6 Å². The van der Waals surface area contributed by atoms with Gasteiger partial charge in [0.2, 0.25) is 0 Å². The summed E-state index contributed by atoms with van der Waals surface area (Å²) in [6.07, 6.45) is -4.76. The zero-order valence-corrected chi connectivity index (χ0v) is 16.1. The van der Waals surface area contributed by atoms with E-state index in [1.54, 1.807) is 13.0 Å². The highest BCUT2D eigenvalue weighted by Gasteiger charge is 2.33. The topological polar surface area (TPSA) is 59.8 Å². The maximum absolute atomic E-state index is 13.2. The number of halogens is 5. The van der Waals surface area contributed by atoms with E-state index in [1.807, 2.05) is 13.0 Å². The normalized spacial score (nSPS) is 11.6. The average molecular weight is 427 g/mol. The Morgan fingerprint density at radius 2 is 1.90 bits per heavy atom. The lowest BCUT2D eigenvalue weighted by molar-refractivity contribution is -0.138. The fraction of sp³-hybridized carbons (Fsp3) is 0.211. The van der Waals surface area contributed by atoms with Crippen molar-refractivity contribution in [2.75, 3.05) is 0 Å². The van der Waals surface area contributed by atoms with E-state index < -0.39 is 30.0 Å². The summed E-state index contributed by atoms with van der Waals surface area (Å²) in [4.78, 5) is 16.7. The van der Waals surface area contributed by atoms with Crippen LogP contribution in [0.2, 0.25) is 5.02 Å². The smallest absolute Gasteiger partial charge is 0.347 e. The van der Waals surface area contributed by atoms with Gasteiger partial charge in [0.1, 0.15) is 11.5 Å². The lowest BCUT2D eigenvalue weighted by Gasteiger charge is -2.14. The number of hydrogen-bond acceptors (Lipinski definition) is 3. The zero-order valence-electron chi connectivity index (χ0n) is 15.3. The van der Waals surface area contributed by atoms with Crippen LogP contribution in [0.1, 0.15) is 33.0 Å². The highest BCUT2D eigenvalue weighted by Crippen LogP contribution is 2.32. The van der Waals surface area contributed by atoms with Gasteiger partial charge in [0.25, 0.3) is 5.91 Å². The number of aryl methyl sites for hydroxylation is 2. The zero-order chi connectivity index (χ0) is 21.3. The molecule has 10 heteroatoms. The Balaban J connectivity index is 1.85. The first-order chi connectivity index (χ1) is 13.6. The van der Waals surface area contributed by atoms with Crippen molar-refractivity contribution in [3.63, 3.8) is 0 Å². The predicted molar refractivity (Wildman–Crippen MR) is 98.4 cm³/mol. The van der Waals surface area contributed by atoms with Crippen LogP contribution in [0.3, 0.4) is 0 Å². The van der Waals surface area contributed by atoms with E-state index in [-0.39, 0.29) is 16.3 Å². The molecule has 1 N–H and O–H groups in total. The molecule has 29 heavy (non-hydrogen) atoms. The van der Waals surface area contributed by atoms with Crippen LogP contribution < -0.4 is 5.32 Å². The molecule has 0 radical (unpaired) electrons. The van der Waals surface area contributed by atoms with Gasteiger partial charge in [-0.05, 0) is 49.7 Å². The molecule has 0 aliphatic carbocycles. The van der Waals surface area contributed by atoms with Gasteiger partial charge in [-0.1, -0.05) is 17.7 Å².